The highest BCUT2D eigenvalue weighted by Crippen LogP contribution is 2.46. The van der Waals surface area contributed by atoms with E-state index in [0.29, 0.717) is 46.4 Å². The number of fused-ring (bicyclic) bond motifs is 3. The molecule has 2 aromatic heterocycles. The van der Waals surface area contributed by atoms with Gasteiger partial charge in [-0.3, -0.25) is 23.9 Å². The molecule has 3 fully saturated rings. The fourth-order valence-corrected chi connectivity index (χ4v) is 9.51. The highest BCUT2D eigenvalue weighted by molar-refractivity contribution is 7.91. The Hall–Kier alpha value is -6.56. The van der Waals surface area contributed by atoms with Gasteiger partial charge in [-0.05, 0) is 105 Å². The SMILES string of the molecule is C=C[C@@H]1C[C@]1(NC(=O)[C@@H]1C[C@@H](Oc2nc(-c3ccc(OC(C)C)cc3)nc3c2oc2ccc(F)cc23)CN1C(=O)[C@@H](Nc1ccc(C(=O)NC)cc1)C(C)(C)C)C(=O)NS(=O)(=O)C1CC1. The molecule has 4 amide bonds. The molecule has 0 bridgehead atoms. The summed E-state index contributed by atoms with van der Waals surface area (Å²) in [4.78, 5) is 66.6. The largest absolute Gasteiger partial charge is 0.491 e. The third-order valence-corrected chi connectivity index (χ3v) is 13.7. The molecular weight excluding hydrogens is 858 g/mol. The van der Waals surface area contributed by atoms with E-state index in [-0.39, 0.29) is 54.2 Å². The number of aromatic nitrogens is 2. The van der Waals surface area contributed by atoms with E-state index in [9.17, 15) is 27.2 Å². The van der Waals surface area contributed by atoms with Crippen LogP contribution in [0.5, 0.6) is 11.6 Å². The first-order valence-corrected chi connectivity index (χ1v) is 23.1. The highest BCUT2D eigenvalue weighted by atomic mass is 32.2. The van der Waals surface area contributed by atoms with E-state index in [4.69, 9.17) is 23.9 Å². The Morgan fingerprint density at radius 3 is 2.34 bits per heavy atom. The van der Waals surface area contributed by atoms with Gasteiger partial charge in [0.1, 0.15) is 46.4 Å². The van der Waals surface area contributed by atoms with Gasteiger partial charge < -0.3 is 34.7 Å². The number of nitrogens with zero attached hydrogens (tertiary/aromatic N) is 3. The lowest BCUT2D eigenvalue weighted by molar-refractivity contribution is -0.141. The summed E-state index contributed by atoms with van der Waals surface area (Å²) in [6, 6.07) is 15.6. The normalized spacial score (nSPS) is 21.2. The number of hydrogen-bond acceptors (Lipinski definition) is 12. The molecule has 5 atom stereocenters. The third kappa shape index (κ3) is 9.21. The smallest absolute Gasteiger partial charge is 0.262 e. The summed E-state index contributed by atoms with van der Waals surface area (Å²) < 4.78 is 61.3. The Labute approximate surface area is 375 Å². The summed E-state index contributed by atoms with van der Waals surface area (Å²) >= 11 is 0. The lowest BCUT2D eigenvalue weighted by Gasteiger charge is -2.36. The van der Waals surface area contributed by atoms with E-state index >= 15 is 4.79 Å². The fourth-order valence-electron chi connectivity index (χ4n) is 8.15. The van der Waals surface area contributed by atoms with Crippen LogP contribution in [0.2, 0.25) is 0 Å². The van der Waals surface area contributed by atoms with Crippen molar-refractivity contribution < 1.29 is 45.9 Å². The van der Waals surface area contributed by atoms with Crippen molar-refractivity contribution in [3.05, 3.63) is 90.8 Å². The molecule has 342 valence electrons. The Morgan fingerprint density at radius 2 is 1.72 bits per heavy atom. The summed E-state index contributed by atoms with van der Waals surface area (Å²) in [5.74, 6) is -2.55. The van der Waals surface area contributed by atoms with Crippen LogP contribution in [0.25, 0.3) is 33.5 Å². The first-order valence-electron chi connectivity index (χ1n) is 21.5. The van der Waals surface area contributed by atoms with Crippen molar-refractivity contribution in [2.24, 2.45) is 11.3 Å². The van der Waals surface area contributed by atoms with E-state index in [1.165, 1.54) is 36.2 Å². The van der Waals surface area contributed by atoms with E-state index in [1.54, 1.807) is 48.5 Å². The predicted molar refractivity (Wildman–Crippen MR) is 241 cm³/mol. The summed E-state index contributed by atoms with van der Waals surface area (Å²) in [7, 11) is -2.43. The maximum Gasteiger partial charge on any atom is 0.262 e. The van der Waals surface area contributed by atoms with Gasteiger partial charge in [0.2, 0.25) is 27.4 Å². The number of sulfonamides is 1. The predicted octanol–water partition coefficient (Wildman–Crippen LogP) is 5.87. The van der Waals surface area contributed by atoms with Crippen LogP contribution in [-0.2, 0) is 24.4 Å². The van der Waals surface area contributed by atoms with Gasteiger partial charge in [0.25, 0.3) is 17.7 Å². The van der Waals surface area contributed by atoms with Crippen LogP contribution in [0.4, 0.5) is 10.1 Å². The molecule has 65 heavy (non-hydrogen) atoms. The fraction of sp³-hybridized carbons (Fsp3) is 0.404. The highest BCUT2D eigenvalue weighted by Gasteiger charge is 2.62. The van der Waals surface area contributed by atoms with Crippen LogP contribution in [0.1, 0.15) is 70.7 Å². The van der Waals surface area contributed by atoms with E-state index in [1.807, 2.05) is 34.6 Å². The van der Waals surface area contributed by atoms with Crippen molar-refractivity contribution in [2.75, 3.05) is 18.9 Å². The number of anilines is 1. The van der Waals surface area contributed by atoms with Crippen LogP contribution in [-0.4, -0.2) is 95.6 Å². The van der Waals surface area contributed by atoms with Crippen LogP contribution in [0.3, 0.4) is 0 Å². The molecule has 16 nitrogen and oxygen atoms in total. The number of amides is 4. The standard InChI is InChI=1S/C47H52FN7O9S/c1-8-28-23-47(28,45(59)54-65(60,61)33-18-19-33)53-42(57)35-22-32(24-55(35)44(58)39(46(4,5)6)50-30-14-9-27(10-15-30)41(56)49-7)63-43-38-37(34-21-29(48)13-20-36(34)64-38)51-40(52-43)26-11-16-31(17-12-26)62-25(2)3/h8-17,20-21,25,28,32-33,35,39,50H,1,18-19,22-24H2,2-7H3,(H,49,56)(H,53,57)(H,54,59)/t28-,32-,35+,39-,47-/m1/s1. The lowest BCUT2D eigenvalue weighted by Crippen LogP contribution is -2.58. The second-order valence-corrected chi connectivity index (χ2v) is 20.2. The number of nitrogens with one attached hydrogen (secondary N) is 4. The lowest BCUT2D eigenvalue weighted by atomic mass is 9.85. The van der Waals surface area contributed by atoms with Gasteiger partial charge in [-0.2, -0.15) is 4.98 Å². The second kappa shape index (κ2) is 17.1. The van der Waals surface area contributed by atoms with Crippen molar-refractivity contribution in [3.8, 4) is 23.0 Å². The van der Waals surface area contributed by atoms with Gasteiger partial charge in [-0.15, -0.1) is 6.58 Å². The molecule has 1 aliphatic heterocycles. The van der Waals surface area contributed by atoms with E-state index < -0.39 is 73.9 Å². The Balaban J connectivity index is 1.15. The number of benzene rings is 3. The first-order chi connectivity index (χ1) is 30.8. The van der Waals surface area contributed by atoms with Crippen molar-refractivity contribution in [1.29, 1.82) is 0 Å². The van der Waals surface area contributed by atoms with Crippen molar-refractivity contribution in [2.45, 2.75) is 95.4 Å². The summed E-state index contributed by atoms with van der Waals surface area (Å²) in [6.07, 6.45) is 1.42. The average Bonchev–Trinajstić information content (AvgIpc) is 4.17. The number of rotatable bonds is 15. The summed E-state index contributed by atoms with van der Waals surface area (Å²) in [6.45, 7) is 13.1. The Bertz CT molecular complexity index is 2800. The number of likely N-dealkylation sites (tertiary alicyclic amines) is 1. The molecule has 3 heterocycles. The van der Waals surface area contributed by atoms with Gasteiger partial charge in [0.15, 0.2) is 5.82 Å². The minimum atomic E-state index is -3.96. The Morgan fingerprint density at radius 1 is 1.02 bits per heavy atom. The van der Waals surface area contributed by atoms with Crippen molar-refractivity contribution in [1.82, 2.24) is 30.2 Å². The Kier molecular flexibility index (Phi) is 11.8. The van der Waals surface area contributed by atoms with Crippen molar-refractivity contribution >= 4 is 61.4 Å². The first kappa shape index (κ1) is 45.0. The van der Waals surface area contributed by atoms with Gasteiger partial charge in [0, 0.05) is 41.6 Å². The quantitative estimate of drug-likeness (QED) is 0.0909. The zero-order chi connectivity index (χ0) is 46.6. The number of hydrogen-bond donors (Lipinski definition) is 4. The molecule has 2 aliphatic carbocycles. The van der Waals surface area contributed by atoms with Crippen LogP contribution in [0, 0.1) is 17.2 Å². The second-order valence-electron chi connectivity index (χ2n) is 18.2. The van der Waals surface area contributed by atoms with E-state index in [0.717, 1.165) is 0 Å². The summed E-state index contributed by atoms with van der Waals surface area (Å²) in [5, 5.41) is 8.42. The molecule has 3 aromatic carbocycles. The number of carbonyl (C=O) groups is 4. The molecule has 3 aliphatic rings. The third-order valence-electron chi connectivity index (χ3n) is 11.9. The van der Waals surface area contributed by atoms with Crippen molar-refractivity contribution in [3.63, 3.8) is 0 Å². The van der Waals surface area contributed by atoms with Gasteiger partial charge in [-0.1, -0.05) is 26.8 Å². The van der Waals surface area contributed by atoms with Crippen LogP contribution < -0.4 is 30.1 Å². The molecule has 0 radical (unpaired) electrons. The molecular formula is C47H52FN7O9S. The average molecular weight is 910 g/mol. The molecule has 5 aromatic rings. The van der Waals surface area contributed by atoms with Gasteiger partial charge >= 0.3 is 0 Å². The maximum atomic E-state index is 15.0. The monoisotopic (exact) mass is 909 g/mol. The number of furan rings is 1. The van der Waals surface area contributed by atoms with E-state index in [2.05, 4.69) is 27.3 Å². The van der Waals surface area contributed by atoms with Gasteiger partial charge in [-0.25, -0.2) is 17.8 Å². The molecule has 18 heteroatoms. The number of halogens is 1. The molecule has 2 saturated carbocycles. The molecule has 4 N–H and O–H groups in total. The molecule has 1 saturated heterocycles. The number of ether oxygens (including phenoxy) is 2. The summed E-state index contributed by atoms with van der Waals surface area (Å²) in [5.41, 5.74) is -0.0813. The maximum absolute atomic E-state index is 15.0. The minimum absolute atomic E-state index is 0.0145. The topological polar surface area (TPSA) is 211 Å². The molecule has 0 unspecified atom stereocenters. The van der Waals surface area contributed by atoms with Crippen LogP contribution >= 0.6 is 0 Å². The molecule has 8 rings (SSSR count). The van der Waals surface area contributed by atoms with Crippen LogP contribution in [0.15, 0.2) is 83.8 Å². The number of carbonyl (C=O) groups excluding carboxylic acids is 4. The van der Waals surface area contributed by atoms with Gasteiger partial charge in [0.05, 0.1) is 17.9 Å². The molecule has 0 spiro atoms. The zero-order valence-corrected chi connectivity index (χ0v) is 37.8. The zero-order valence-electron chi connectivity index (χ0n) is 36.9. The minimum Gasteiger partial charge on any atom is -0.491 e.